The van der Waals surface area contributed by atoms with Crippen molar-refractivity contribution in [2.75, 3.05) is 0 Å². The highest BCUT2D eigenvalue weighted by atomic mass is 14.9. The fraction of sp³-hybridized carbons (Fsp3) is 0.591. The van der Waals surface area contributed by atoms with Crippen LogP contribution < -0.4 is 4.57 Å². The van der Waals surface area contributed by atoms with E-state index in [-0.39, 0.29) is 0 Å². The van der Waals surface area contributed by atoms with Crippen molar-refractivity contribution >= 4 is 10.8 Å². The number of nitrogens with zero attached hydrogens (tertiary/aromatic N) is 1. The zero-order chi connectivity index (χ0) is 16.3. The molecule has 0 saturated heterocycles. The summed E-state index contributed by atoms with van der Waals surface area (Å²) in [4.78, 5) is 0. The molecule has 0 aliphatic heterocycles. The van der Waals surface area contributed by atoms with Gasteiger partial charge in [-0.05, 0) is 24.8 Å². The van der Waals surface area contributed by atoms with E-state index in [1.165, 1.54) is 80.5 Å². The van der Waals surface area contributed by atoms with Crippen LogP contribution in [-0.4, -0.2) is 0 Å². The smallest absolute Gasteiger partial charge is 0.176 e. The van der Waals surface area contributed by atoms with Gasteiger partial charge in [-0.3, -0.25) is 0 Å². The molecular formula is C22H34N+. The SMILES string of the molecule is CCCCCCCCCCCC[n+]1ccc2cc(C)ccc2c1. The average molecular weight is 313 g/mol. The molecule has 2 rings (SSSR count). The zero-order valence-corrected chi connectivity index (χ0v) is 15.2. The fourth-order valence-corrected chi connectivity index (χ4v) is 3.27. The molecular weight excluding hydrogens is 278 g/mol. The molecule has 23 heavy (non-hydrogen) atoms. The number of benzene rings is 1. The summed E-state index contributed by atoms with van der Waals surface area (Å²) in [6.07, 6.45) is 18.6. The topological polar surface area (TPSA) is 3.88 Å². The van der Waals surface area contributed by atoms with Gasteiger partial charge in [0.2, 0.25) is 0 Å². The van der Waals surface area contributed by atoms with Crippen LogP contribution >= 0.6 is 0 Å². The van der Waals surface area contributed by atoms with Crippen LogP contribution in [-0.2, 0) is 6.54 Å². The van der Waals surface area contributed by atoms with E-state index in [0.717, 1.165) is 6.54 Å². The molecule has 2 aromatic rings. The highest BCUT2D eigenvalue weighted by molar-refractivity contribution is 5.81. The number of aromatic nitrogens is 1. The van der Waals surface area contributed by atoms with Crippen molar-refractivity contribution in [3.63, 3.8) is 0 Å². The van der Waals surface area contributed by atoms with E-state index in [1.54, 1.807) is 0 Å². The maximum absolute atomic E-state index is 2.35. The van der Waals surface area contributed by atoms with Gasteiger partial charge in [0.25, 0.3) is 0 Å². The molecule has 1 aromatic carbocycles. The molecule has 126 valence electrons. The van der Waals surface area contributed by atoms with Gasteiger partial charge >= 0.3 is 0 Å². The maximum atomic E-state index is 2.35. The normalized spacial score (nSPS) is 11.2. The first-order chi connectivity index (χ1) is 11.3. The molecule has 0 radical (unpaired) electrons. The molecule has 0 saturated carbocycles. The van der Waals surface area contributed by atoms with E-state index in [9.17, 15) is 0 Å². The van der Waals surface area contributed by atoms with Crippen molar-refractivity contribution in [2.45, 2.75) is 84.6 Å². The lowest BCUT2D eigenvalue weighted by atomic mass is 10.1. The molecule has 0 amide bonds. The second kappa shape index (κ2) is 10.4. The molecule has 0 aliphatic rings. The predicted molar refractivity (Wildman–Crippen MR) is 101 cm³/mol. The Labute approximate surface area is 142 Å². The minimum absolute atomic E-state index is 1.15. The average Bonchev–Trinajstić information content (AvgIpc) is 2.56. The van der Waals surface area contributed by atoms with Gasteiger partial charge in [-0.2, -0.15) is 0 Å². The van der Waals surface area contributed by atoms with Gasteiger partial charge in [0.05, 0.1) is 0 Å². The largest absolute Gasteiger partial charge is 0.205 e. The number of fused-ring (bicyclic) bond motifs is 1. The molecule has 0 N–H and O–H groups in total. The van der Waals surface area contributed by atoms with Crippen molar-refractivity contribution in [1.29, 1.82) is 0 Å². The van der Waals surface area contributed by atoms with E-state index >= 15 is 0 Å². The minimum Gasteiger partial charge on any atom is -0.205 e. The molecule has 0 spiro atoms. The van der Waals surface area contributed by atoms with Gasteiger partial charge in [0.1, 0.15) is 6.54 Å². The molecule has 1 aromatic heterocycles. The Hall–Kier alpha value is -1.37. The lowest BCUT2D eigenvalue weighted by Crippen LogP contribution is -2.32. The van der Waals surface area contributed by atoms with Gasteiger partial charge in [-0.15, -0.1) is 0 Å². The second-order valence-corrected chi connectivity index (χ2v) is 7.00. The maximum Gasteiger partial charge on any atom is 0.176 e. The van der Waals surface area contributed by atoms with Gasteiger partial charge in [0.15, 0.2) is 12.4 Å². The van der Waals surface area contributed by atoms with Crippen molar-refractivity contribution in [3.05, 3.63) is 42.2 Å². The summed E-state index contributed by atoms with van der Waals surface area (Å²) in [6.45, 7) is 5.60. The number of hydrogen-bond donors (Lipinski definition) is 0. The first-order valence-corrected chi connectivity index (χ1v) is 9.69. The summed E-state index contributed by atoms with van der Waals surface area (Å²) < 4.78 is 2.35. The van der Waals surface area contributed by atoms with Gasteiger partial charge < -0.3 is 0 Å². The first kappa shape index (κ1) is 18.0. The van der Waals surface area contributed by atoms with Crippen molar-refractivity contribution in [2.24, 2.45) is 0 Å². The Morgan fingerprint density at radius 3 is 2.09 bits per heavy atom. The molecule has 0 aliphatic carbocycles. The molecule has 1 heteroatoms. The standard InChI is InChI=1S/C22H34N/c1-3-4-5-6-7-8-9-10-11-12-16-23-17-15-21-18-20(2)13-14-22(21)19-23/h13-15,17-19H,3-12,16H2,1-2H3/q+1. The third-order valence-electron chi connectivity index (χ3n) is 4.76. The quantitative estimate of drug-likeness (QED) is 0.336. The summed E-state index contributed by atoms with van der Waals surface area (Å²) in [5.74, 6) is 0. The number of unbranched alkanes of at least 4 members (excludes halogenated alkanes) is 9. The molecule has 1 nitrogen and oxygen atoms in total. The van der Waals surface area contributed by atoms with Crippen LogP contribution in [0, 0.1) is 6.92 Å². The van der Waals surface area contributed by atoms with Gasteiger partial charge in [-0.25, -0.2) is 4.57 Å². The van der Waals surface area contributed by atoms with E-state index < -0.39 is 0 Å². The van der Waals surface area contributed by atoms with Crippen LogP contribution in [0.3, 0.4) is 0 Å². The van der Waals surface area contributed by atoms with Gasteiger partial charge in [0, 0.05) is 17.9 Å². The fourth-order valence-electron chi connectivity index (χ4n) is 3.27. The third-order valence-corrected chi connectivity index (χ3v) is 4.76. The second-order valence-electron chi connectivity index (χ2n) is 7.00. The van der Waals surface area contributed by atoms with E-state index in [0.29, 0.717) is 0 Å². The number of rotatable bonds is 11. The molecule has 0 unspecified atom stereocenters. The lowest BCUT2D eigenvalue weighted by molar-refractivity contribution is -0.696. The Morgan fingerprint density at radius 2 is 1.39 bits per heavy atom. The lowest BCUT2D eigenvalue weighted by Gasteiger charge is -2.02. The Bertz CT molecular complexity index is 573. The number of pyridine rings is 1. The van der Waals surface area contributed by atoms with Crippen LogP contribution in [0.2, 0.25) is 0 Å². The number of aryl methyl sites for hydroxylation is 2. The van der Waals surface area contributed by atoms with E-state index in [2.05, 4.69) is 55.1 Å². The Kier molecular flexibility index (Phi) is 8.14. The van der Waals surface area contributed by atoms with Crippen LogP contribution in [0.5, 0.6) is 0 Å². The first-order valence-electron chi connectivity index (χ1n) is 9.69. The van der Waals surface area contributed by atoms with Crippen molar-refractivity contribution < 1.29 is 4.57 Å². The van der Waals surface area contributed by atoms with Crippen molar-refractivity contribution in [1.82, 2.24) is 0 Å². The Balaban J connectivity index is 1.58. The van der Waals surface area contributed by atoms with E-state index in [1.807, 2.05) is 0 Å². The van der Waals surface area contributed by atoms with Crippen LogP contribution in [0.4, 0.5) is 0 Å². The predicted octanol–water partition coefficient (Wildman–Crippen LogP) is 6.36. The molecule has 0 fully saturated rings. The zero-order valence-electron chi connectivity index (χ0n) is 15.2. The van der Waals surface area contributed by atoms with Crippen LogP contribution in [0.25, 0.3) is 10.8 Å². The third kappa shape index (κ3) is 6.72. The molecule has 0 atom stereocenters. The molecule has 1 heterocycles. The number of hydrogen-bond acceptors (Lipinski definition) is 0. The summed E-state index contributed by atoms with van der Waals surface area (Å²) in [5.41, 5.74) is 1.34. The molecule has 0 bridgehead atoms. The summed E-state index contributed by atoms with van der Waals surface area (Å²) >= 11 is 0. The highest BCUT2D eigenvalue weighted by Crippen LogP contribution is 2.13. The summed E-state index contributed by atoms with van der Waals surface area (Å²) in [7, 11) is 0. The van der Waals surface area contributed by atoms with Crippen molar-refractivity contribution in [3.8, 4) is 0 Å². The monoisotopic (exact) mass is 312 g/mol. The van der Waals surface area contributed by atoms with Crippen LogP contribution in [0.15, 0.2) is 36.7 Å². The summed E-state index contributed by atoms with van der Waals surface area (Å²) in [6, 6.07) is 8.95. The van der Waals surface area contributed by atoms with Crippen LogP contribution in [0.1, 0.15) is 76.7 Å². The van der Waals surface area contributed by atoms with E-state index in [4.69, 9.17) is 0 Å². The highest BCUT2D eigenvalue weighted by Gasteiger charge is 2.03. The minimum atomic E-state index is 1.15. The summed E-state index contributed by atoms with van der Waals surface area (Å²) in [5, 5.41) is 2.70. The Morgan fingerprint density at radius 1 is 0.739 bits per heavy atom. The van der Waals surface area contributed by atoms with Gasteiger partial charge in [-0.1, -0.05) is 76.0 Å².